The molecule has 1 aliphatic heterocycles. The summed E-state index contributed by atoms with van der Waals surface area (Å²) < 4.78 is 5.14. The second-order valence-electron chi connectivity index (χ2n) is 6.31. The lowest BCUT2D eigenvalue weighted by Crippen LogP contribution is -2.39. The van der Waals surface area contributed by atoms with Gasteiger partial charge in [0.2, 0.25) is 5.91 Å². The fourth-order valence-corrected chi connectivity index (χ4v) is 3.33. The van der Waals surface area contributed by atoms with Gasteiger partial charge in [0.25, 0.3) is 0 Å². The van der Waals surface area contributed by atoms with Crippen LogP contribution in [0, 0.1) is 13.8 Å². The first kappa shape index (κ1) is 16.4. The minimum Gasteiger partial charge on any atom is -0.361 e. The van der Waals surface area contributed by atoms with E-state index in [1.54, 1.807) is 0 Å². The summed E-state index contributed by atoms with van der Waals surface area (Å²) in [6, 6.07) is 1.82. The Balaban J connectivity index is 1.62. The predicted molar refractivity (Wildman–Crippen MR) is 87.7 cm³/mol. The van der Waals surface area contributed by atoms with Crippen LogP contribution in [0.4, 0.5) is 0 Å². The second kappa shape index (κ2) is 6.98. The number of hydrogen-bond acceptors (Lipinski definition) is 5. The van der Waals surface area contributed by atoms with Crippen molar-refractivity contribution in [1.82, 2.24) is 20.0 Å². The summed E-state index contributed by atoms with van der Waals surface area (Å²) in [5.74, 6) is 1.08. The Labute approximate surface area is 140 Å². The molecular weight excluding hydrogens is 308 g/mol. The number of hydrogen-bond donors (Lipinski definition) is 1. The van der Waals surface area contributed by atoms with Gasteiger partial charge in [-0.1, -0.05) is 5.16 Å². The lowest BCUT2D eigenvalue weighted by molar-refractivity contribution is -0.132. The number of amides is 1. The van der Waals surface area contributed by atoms with Gasteiger partial charge >= 0.3 is 5.69 Å². The number of aryl methyl sites for hydroxylation is 2. The standard InChI is InChI=1S/C17H22N4O3/c1-11-14(12(2)24-20-11)5-6-16(22)21-9-3-4-13(10-21)15-7-8-18-17(23)19-15/h7-8,13H,3-6,9-10H2,1-2H3,(H,18,19,23). The largest absolute Gasteiger partial charge is 0.361 e. The van der Waals surface area contributed by atoms with Crippen molar-refractivity contribution in [2.24, 2.45) is 0 Å². The van der Waals surface area contributed by atoms with Gasteiger partial charge in [0.1, 0.15) is 5.76 Å². The highest BCUT2D eigenvalue weighted by atomic mass is 16.5. The first-order valence-electron chi connectivity index (χ1n) is 8.29. The molecule has 128 valence electrons. The summed E-state index contributed by atoms with van der Waals surface area (Å²) in [7, 11) is 0. The quantitative estimate of drug-likeness (QED) is 0.921. The third-order valence-corrected chi connectivity index (χ3v) is 4.68. The molecule has 0 aromatic carbocycles. The number of carbonyl (C=O) groups excluding carboxylic acids is 1. The Morgan fingerprint density at radius 1 is 1.46 bits per heavy atom. The molecule has 0 bridgehead atoms. The Hall–Kier alpha value is -2.44. The maximum atomic E-state index is 12.6. The van der Waals surface area contributed by atoms with Crippen LogP contribution in [0.2, 0.25) is 0 Å². The molecule has 1 amide bonds. The molecule has 1 saturated heterocycles. The van der Waals surface area contributed by atoms with Gasteiger partial charge in [-0.25, -0.2) is 9.78 Å². The molecule has 0 radical (unpaired) electrons. The van der Waals surface area contributed by atoms with E-state index in [1.165, 1.54) is 6.20 Å². The Bertz CT molecular complexity index is 761. The van der Waals surface area contributed by atoms with Crippen molar-refractivity contribution in [3.05, 3.63) is 45.5 Å². The van der Waals surface area contributed by atoms with Gasteiger partial charge < -0.3 is 14.4 Å². The monoisotopic (exact) mass is 330 g/mol. The lowest BCUT2D eigenvalue weighted by atomic mass is 9.94. The topological polar surface area (TPSA) is 92.1 Å². The third-order valence-electron chi connectivity index (χ3n) is 4.68. The van der Waals surface area contributed by atoms with Gasteiger partial charge in [0, 0.05) is 42.9 Å². The highest BCUT2D eigenvalue weighted by Crippen LogP contribution is 2.25. The molecule has 0 spiro atoms. The lowest BCUT2D eigenvalue weighted by Gasteiger charge is -2.32. The maximum Gasteiger partial charge on any atom is 0.345 e. The van der Waals surface area contributed by atoms with E-state index in [4.69, 9.17) is 4.52 Å². The number of nitrogens with zero attached hydrogens (tertiary/aromatic N) is 3. The predicted octanol–water partition coefficient (Wildman–Crippen LogP) is 1.71. The van der Waals surface area contributed by atoms with Crippen LogP contribution >= 0.6 is 0 Å². The van der Waals surface area contributed by atoms with Gasteiger partial charge in [-0.3, -0.25) is 4.79 Å². The van der Waals surface area contributed by atoms with E-state index in [1.807, 2.05) is 24.8 Å². The zero-order valence-electron chi connectivity index (χ0n) is 14.0. The molecule has 24 heavy (non-hydrogen) atoms. The molecule has 0 saturated carbocycles. The Kier molecular flexibility index (Phi) is 4.78. The molecule has 0 aliphatic carbocycles. The second-order valence-corrected chi connectivity index (χ2v) is 6.31. The molecule has 1 aliphatic rings. The van der Waals surface area contributed by atoms with Crippen molar-refractivity contribution in [2.45, 2.75) is 45.4 Å². The van der Waals surface area contributed by atoms with Crippen LogP contribution in [-0.4, -0.2) is 39.0 Å². The molecule has 1 atom stereocenters. The number of rotatable bonds is 4. The third kappa shape index (κ3) is 3.55. The zero-order valence-corrected chi connectivity index (χ0v) is 14.0. The number of H-pyrrole nitrogens is 1. The van der Waals surface area contributed by atoms with Gasteiger partial charge in [0.05, 0.1) is 5.69 Å². The SMILES string of the molecule is Cc1noc(C)c1CCC(=O)N1CCCC(c2ccnc(=O)[nH]2)C1. The van der Waals surface area contributed by atoms with E-state index in [-0.39, 0.29) is 17.5 Å². The summed E-state index contributed by atoms with van der Waals surface area (Å²) in [6.45, 7) is 5.18. The highest BCUT2D eigenvalue weighted by molar-refractivity contribution is 5.76. The van der Waals surface area contributed by atoms with Crippen LogP contribution in [0.5, 0.6) is 0 Å². The molecule has 2 aromatic rings. The van der Waals surface area contributed by atoms with Crippen LogP contribution < -0.4 is 5.69 Å². The number of piperidine rings is 1. The minimum absolute atomic E-state index is 0.135. The number of carbonyl (C=O) groups is 1. The summed E-state index contributed by atoms with van der Waals surface area (Å²) in [5.41, 5.74) is 2.40. The van der Waals surface area contributed by atoms with E-state index >= 15 is 0 Å². The molecular formula is C17H22N4O3. The molecule has 7 heteroatoms. The van der Waals surface area contributed by atoms with Crippen LogP contribution in [-0.2, 0) is 11.2 Å². The average Bonchev–Trinajstić information content (AvgIpc) is 2.91. The van der Waals surface area contributed by atoms with E-state index in [0.29, 0.717) is 19.4 Å². The smallest absolute Gasteiger partial charge is 0.345 e. The maximum absolute atomic E-state index is 12.6. The van der Waals surface area contributed by atoms with Crippen molar-refractivity contribution in [2.75, 3.05) is 13.1 Å². The summed E-state index contributed by atoms with van der Waals surface area (Å²) in [5, 5.41) is 3.93. The summed E-state index contributed by atoms with van der Waals surface area (Å²) in [4.78, 5) is 32.3. The molecule has 1 fully saturated rings. The highest BCUT2D eigenvalue weighted by Gasteiger charge is 2.25. The first-order chi connectivity index (χ1) is 11.5. The van der Waals surface area contributed by atoms with Crippen LogP contribution in [0.1, 0.15) is 47.9 Å². The molecule has 2 aromatic heterocycles. The van der Waals surface area contributed by atoms with Crippen molar-refractivity contribution < 1.29 is 9.32 Å². The number of aromatic nitrogens is 3. The minimum atomic E-state index is -0.339. The summed E-state index contributed by atoms with van der Waals surface area (Å²) >= 11 is 0. The van der Waals surface area contributed by atoms with Gasteiger partial charge in [-0.15, -0.1) is 0 Å². The average molecular weight is 330 g/mol. The number of nitrogens with one attached hydrogen (secondary N) is 1. The van der Waals surface area contributed by atoms with Gasteiger partial charge in [-0.2, -0.15) is 0 Å². The molecule has 1 unspecified atom stereocenters. The molecule has 7 nitrogen and oxygen atoms in total. The Morgan fingerprint density at radius 2 is 2.29 bits per heavy atom. The number of likely N-dealkylation sites (tertiary alicyclic amines) is 1. The summed E-state index contributed by atoms with van der Waals surface area (Å²) in [6.07, 6.45) is 4.52. The zero-order chi connectivity index (χ0) is 17.1. The first-order valence-corrected chi connectivity index (χ1v) is 8.29. The fraction of sp³-hybridized carbons (Fsp3) is 0.529. The van der Waals surface area contributed by atoms with Crippen molar-refractivity contribution >= 4 is 5.91 Å². The van der Waals surface area contributed by atoms with Crippen molar-refractivity contribution in [1.29, 1.82) is 0 Å². The van der Waals surface area contributed by atoms with Crippen molar-refractivity contribution in [3.63, 3.8) is 0 Å². The molecule has 3 rings (SSSR count). The molecule has 3 heterocycles. The van der Waals surface area contributed by atoms with Crippen LogP contribution in [0.25, 0.3) is 0 Å². The fourth-order valence-electron chi connectivity index (χ4n) is 3.33. The van der Waals surface area contributed by atoms with Crippen LogP contribution in [0.3, 0.4) is 0 Å². The Morgan fingerprint density at radius 3 is 3.00 bits per heavy atom. The van der Waals surface area contributed by atoms with Gasteiger partial charge in [0.15, 0.2) is 0 Å². The van der Waals surface area contributed by atoms with E-state index in [9.17, 15) is 9.59 Å². The number of aromatic amines is 1. The normalized spacial score (nSPS) is 17.9. The van der Waals surface area contributed by atoms with Gasteiger partial charge in [-0.05, 0) is 39.2 Å². The van der Waals surface area contributed by atoms with E-state index in [0.717, 1.165) is 42.1 Å². The van der Waals surface area contributed by atoms with Crippen molar-refractivity contribution in [3.8, 4) is 0 Å². The van der Waals surface area contributed by atoms with Crippen LogP contribution in [0.15, 0.2) is 21.6 Å². The molecule has 1 N–H and O–H groups in total. The van der Waals surface area contributed by atoms with E-state index < -0.39 is 0 Å². The van der Waals surface area contributed by atoms with E-state index in [2.05, 4.69) is 15.1 Å².